The van der Waals surface area contributed by atoms with E-state index in [-0.39, 0.29) is 0 Å². The van der Waals surface area contributed by atoms with Crippen LogP contribution in [0.4, 0.5) is 5.82 Å². The van der Waals surface area contributed by atoms with E-state index in [1.165, 1.54) is 30.2 Å². The second-order valence-electron chi connectivity index (χ2n) is 7.01. The van der Waals surface area contributed by atoms with E-state index in [9.17, 15) is 0 Å². The molecular weight excluding hydrogens is 306 g/mol. The van der Waals surface area contributed by atoms with Crippen LogP contribution in [0.1, 0.15) is 38.2 Å². The third kappa shape index (κ3) is 3.11. The number of benzene rings is 2. The van der Waals surface area contributed by atoms with Gasteiger partial charge in [0.25, 0.3) is 0 Å². The predicted molar refractivity (Wildman–Crippen MR) is 105 cm³/mol. The molecule has 2 aromatic carbocycles. The minimum Gasteiger partial charge on any atom is -0.353 e. The van der Waals surface area contributed by atoms with Gasteiger partial charge in [0.05, 0.1) is 5.52 Å². The van der Waals surface area contributed by atoms with E-state index in [2.05, 4.69) is 67.3 Å². The summed E-state index contributed by atoms with van der Waals surface area (Å²) in [5.41, 5.74) is 3.37. The van der Waals surface area contributed by atoms with Crippen molar-refractivity contribution >= 4 is 16.7 Å². The number of fused-ring (bicyclic) bond motifs is 1. The normalized spacial score (nSPS) is 17.8. The molecule has 1 saturated heterocycles. The molecule has 0 aliphatic carbocycles. The van der Waals surface area contributed by atoms with Gasteiger partial charge in [-0.15, -0.1) is 0 Å². The summed E-state index contributed by atoms with van der Waals surface area (Å²) in [5, 5.41) is 1.17. The molecule has 0 bridgehead atoms. The Bertz CT molecular complexity index is 870. The fraction of sp³-hybridized carbons (Fsp3) is 0.364. The Balaban J connectivity index is 1.88. The van der Waals surface area contributed by atoms with Crippen molar-refractivity contribution in [2.75, 3.05) is 11.4 Å². The van der Waals surface area contributed by atoms with Crippen LogP contribution in [0.2, 0.25) is 0 Å². The lowest BCUT2D eigenvalue weighted by Gasteiger charge is -2.37. The first kappa shape index (κ1) is 16.1. The molecule has 0 spiro atoms. The Morgan fingerprint density at radius 3 is 2.60 bits per heavy atom. The number of anilines is 1. The van der Waals surface area contributed by atoms with Crippen LogP contribution >= 0.6 is 0 Å². The van der Waals surface area contributed by atoms with Crippen LogP contribution in [0.25, 0.3) is 22.3 Å². The Kier molecular flexibility index (Phi) is 4.39. The Labute approximate surface area is 149 Å². The van der Waals surface area contributed by atoms with Gasteiger partial charge >= 0.3 is 0 Å². The number of nitrogens with zero attached hydrogens (tertiary/aromatic N) is 3. The molecular formula is C22H25N3. The zero-order chi connectivity index (χ0) is 17.2. The predicted octanol–water partition coefficient (Wildman–Crippen LogP) is 5.37. The summed E-state index contributed by atoms with van der Waals surface area (Å²) in [6.07, 6.45) is 4.99. The smallest absolute Gasteiger partial charge is 0.162 e. The highest BCUT2D eigenvalue weighted by Gasteiger charge is 2.24. The molecule has 0 unspecified atom stereocenters. The lowest BCUT2D eigenvalue weighted by molar-refractivity contribution is 0.448. The molecule has 25 heavy (non-hydrogen) atoms. The third-order valence-electron chi connectivity index (χ3n) is 5.26. The number of aryl methyl sites for hydroxylation is 1. The zero-order valence-electron chi connectivity index (χ0n) is 15.1. The highest BCUT2D eigenvalue weighted by atomic mass is 15.2. The van der Waals surface area contributed by atoms with Gasteiger partial charge in [0.2, 0.25) is 0 Å². The average Bonchev–Trinajstić information content (AvgIpc) is 2.67. The van der Waals surface area contributed by atoms with Crippen molar-refractivity contribution in [3.63, 3.8) is 0 Å². The average molecular weight is 331 g/mol. The quantitative estimate of drug-likeness (QED) is 0.645. The maximum Gasteiger partial charge on any atom is 0.162 e. The Hall–Kier alpha value is -2.42. The van der Waals surface area contributed by atoms with Gasteiger partial charge in [0.15, 0.2) is 5.82 Å². The van der Waals surface area contributed by atoms with Crippen molar-refractivity contribution < 1.29 is 0 Å². The van der Waals surface area contributed by atoms with Crippen LogP contribution in [0.15, 0.2) is 48.5 Å². The molecule has 2 heterocycles. The van der Waals surface area contributed by atoms with Crippen LogP contribution in [-0.4, -0.2) is 22.6 Å². The van der Waals surface area contributed by atoms with Gasteiger partial charge in [-0.1, -0.05) is 48.9 Å². The Morgan fingerprint density at radius 1 is 1.00 bits per heavy atom. The molecule has 3 aromatic rings. The maximum absolute atomic E-state index is 5.04. The summed E-state index contributed by atoms with van der Waals surface area (Å²) in [7, 11) is 0. The van der Waals surface area contributed by atoms with Gasteiger partial charge in [-0.3, -0.25) is 0 Å². The van der Waals surface area contributed by atoms with Crippen molar-refractivity contribution in [1.82, 2.24) is 9.97 Å². The number of piperidine rings is 1. The molecule has 128 valence electrons. The number of hydrogen-bond donors (Lipinski definition) is 0. The molecule has 0 N–H and O–H groups in total. The highest BCUT2D eigenvalue weighted by molar-refractivity contribution is 5.91. The fourth-order valence-electron chi connectivity index (χ4n) is 3.81. The number of hydrogen-bond acceptors (Lipinski definition) is 3. The first-order valence-electron chi connectivity index (χ1n) is 9.36. The van der Waals surface area contributed by atoms with Crippen LogP contribution in [0.5, 0.6) is 0 Å². The van der Waals surface area contributed by atoms with Crippen molar-refractivity contribution in [3.8, 4) is 11.4 Å². The van der Waals surface area contributed by atoms with Gasteiger partial charge in [-0.25, -0.2) is 9.97 Å². The number of rotatable bonds is 3. The van der Waals surface area contributed by atoms with E-state index in [0.717, 1.165) is 35.7 Å². The minimum atomic E-state index is 0.581. The third-order valence-corrected chi connectivity index (χ3v) is 5.26. The van der Waals surface area contributed by atoms with E-state index in [0.29, 0.717) is 6.04 Å². The van der Waals surface area contributed by atoms with Gasteiger partial charge in [0, 0.05) is 23.5 Å². The van der Waals surface area contributed by atoms with Crippen LogP contribution in [-0.2, 0) is 0 Å². The SMILES string of the molecule is CC[C@@H]1CCCCN1c1nc(-c2ccc(C)cc2)nc2ccccc12. The highest BCUT2D eigenvalue weighted by Crippen LogP contribution is 2.32. The first-order valence-corrected chi connectivity index (χ1v) is 9.36. The molecule has 1 fully saturated rings. The second kappa shape index (κ2) is 6.83. The van der Waals surface area contributed by atoms with E-state index >= 15 is 0 Å². The fourth-order valence-corrected chi connectivity index (χ4v) is 3.81. The second-order valence-corrected chi connectivity index (χ2v) is 7.01. The minimum absolute atomic E-state index is 0.581. The summed E-state index contributed by atoms with van der Waals surface area (Å²) in [6, 6.07) is 17.5. The van der Waals surface area contributed by atoms with Crippen molar-refractivity contribution in [1.29, 1.82) is 0 Å². The van der Waals surface area contributed by atoms with Crippen LogP contribution in [0, 0.1) is 6.92 Å². The summed E-state index contributed by atoms with van der Waals surface area (Å²) < 4.78 is 0. The maximum atomic E-state index is 5.04. The van der Waals surface area contributed by atoms with Crippen molar-refractivity contribution in [3.05, 3.63) is 54.1 Å². The first-order chi connectivity index (χ1) is 12.3. The van der Waals surface area contributed by atoms with Crippen molar-refractivity contribution in [2.45, 2.75) is 45.6 Å². The lowest BCUT2D eigenvalue weighted by atomic mass is 9.99. The molecule has 3 nitrogen and oxygen atoms in total. The van der Waals surface area contributed by atoms with Gasteiger partial charge in [-0.2, -0.15) is 0 Å². The van der Waals surface area contributed by atoms with E-state index in [1.54, 1.807) is 0 Å². The van der Waals surface area contributed by atoms with E-state index < -0.39 is 0 Å². The lowest BCUT2D eigenvalue weighted by Crippen LogP contribution is -2.39. The molecule has 1 atom stereocenters. The molecule has 4 rings (SSSR count). The summed E-state index contributed by atoms with van der Waals surface area (Å²) in [4.78, 5) is 12.4. The topological polar surface area (TPSA) is 29.0 Å². The van der Waals surface area contributed by atoms with Crippen molar-refractivity contribution in [2.24, 2.45) is 0 Å². The molecule has 0 saturated carbocycles. The summed E-state index contributed by atoms with van der Waals surface area (Å²) >= 11 is 0. The molecule has 1 aliphatic rings. The van der Waals surface area contributed by atoms with Gasteiger partial charge < -0.3 is 4.90 Å². The molecule has 0 amide bonds. The zero-order valence-corrected chi connectivity index (χ0v) is 15.1. The Morgan fingerprint density at radius 2 is 1.80 bits per heavy atom. The van der Waals surface area contributed by atoms with Gasteiger partial charge in [0.1, 0.15) is 5.82 Å². The number of para-hydroxylation sites is 1. The van der Waals surface area contributed by atoms with Crippen LogP contribution in [0.3, 0.4) is 0 Å². The summed E-state index contributed by atoms with van der Waals surface area (Å²) in [6.45, 7) is 5.48. The molecule has 3 heteroatoms. The molecule has 1 aromatic heterocycles. The monoisotopic (exact) mass is 331 g/mol. The number of aromatic nitrogens is 2. The van der Waals surface area contributed by atoms with Gasteiger partial charge in [-0.05, 0) is 44.7 Å². The molecule has 0 radical (unpaired) electrons. The summed E-state index contributed by atoms with van der Waals surface area (Å²) in [5.74, 6) is 1.93. The van der Waals surface area contributed by atoms with E-state index in [1.807, 2.05) is 0 Å². The van der Waals surface area contributed by atoms with Crippen LogP contribution < -0.4 is 4.90 Å². The van der Waals surface area contributed by atoms with E-state index in [4.69, 9.17) is 9.97 Å². The largest absolute Gasteiger partial charge is 0.353 e. The molecule has 1 aliphatic heterocycles. The standard InChI is InChI=1S/C22H25N3/c1-3-18-8-6-7-15-25(18)22-19-9-4-5-10-20(19)23-21(24-22)17-13-11-16(2)12-14-17/h4-5,9-14,18H,3,6-8,15H2,1-2H3/t18-/m1/s1.